The molecule has 1 aliphatic rings. The minimum absolute atomic E-state index is 0.112. The van der Waals surface area contributed by atoms with E-state index in [9.17, 15) is 4.79 Å². The predicted octanol–water partition coefficient (Wildman–Crippen LogP) is 3.60. The van der Waals surface area contributed by atoms with Crippen molar-refractivity contribution in [2.24, 2.45) is 11.7 Å². The highest BCUT2D eigenvalue weighted by atomic mass is 35.5. The molecule has 1 saturated heterocycles. The van der Waals surface area contributed by atoms with Crippen molar-refractivity contribution < 1.29 is 9.53 Å². The Balaban J connectivity index is 1.84. The number of hydrogen-bond donors (Lipinski definition) is 1. The van der Waals surface area contributed by atoms with Crippen molar-refractivity contribution in [3.8, 4) is 11.6 Å². The summed E-state index contributed by atoms with van der Waals surface area (Å²) in [7, 11) is 0. The number of amides is 1. The van der Waals surface area contributed by atoms with Crippen LogP contribution in [0.4, 0.5) is 0 Å². The van der Waals surface area contributed by atoms with Crippen molar-refractivity contribution in [3.05, 3.63) is 52.1 Å². The Bertz CT molecular complexity index is 754. The highest BCUT2D eigenvalue weighted by Crippen LogP contribution is 2.32. The topological polar surface area (TPSA) is 68.5 Å². The zero-order chi connectivity index (χ0) is 17.1. The Morgan fingerprint density at radius 2 is 2.21 bits per heavy atom. The van der Waals surface area contributed by atoms with Crippen LogP contribution in [0.1, 0.15) is 16.8 Å². The molecule has 0 radical (unpaired) electrons. The molecule has 2 aromatic rings. The fourth-order valence-corrected chi connectivity index (χ4v) is 3.12. The van der Waals surface area contributed by atoms with Crippen LogP contribution in [0.25, 0.3) is 0 Å². The van der Waals surface area contributed by atoms with Crippen LogP contribution in [0.5, 0.6) is 11.6 Å². The monoisotopic (exact) mass is 365 g/mol. The van der Waals surface area contributed by atoms with Gasteiger partial charge in [-0.25, -0.2) is 4.98 Å². The van der Waals surface area contributed by atoms with E-state index in [1.54, 1.807) is 41.4 Å². The second-order valence-electron chi connectivity index (χ2n) is 5.67. The number of likely N-dealkylation sites (tertiary alicyclic amines) is 1. The van der Waals surface area contributed by atoms with Gasteiger partial charge in [-0.15, -0.1) is 0 Å². The highest BCUT2D eigenvalue weighted by Gasteiger charge is 2.28. The number of carbonyl (C=O) groups is 1. The Morgan fingerprint density at radius 3 is 2.92 bits per heavy atom. The average molecular weight is 366 g/mol. The van der Waals surface area contributed by atoms with Crippen LogP contribution >= 0.6 is 23.2 Å². The lowest BCUT2D eigenvalue weighted by Gasteiger charge is -2.18. The lowest BCUT2D eigenvalue weighted by atomic mass is 10.1. The third kappa shape index (κ3) is 3.64. The summed E-state index contributed by atoms with van der Waals surface area (Å²) >= 11 is 12.0. The first-order chi connectivity index (χ1) is 11.6. The molecule has 3 rings (SSSR count). The second kappa shape index (κ2) is 7.38. The van der Waals surface area contributed by atoms with E-state index < -0.39 is 0 Å². The molecule has 1 fully saturated rings. The number of halogens is 2. The van der Waals surface area contributed by atoms with Gasteiger partial charge in [-0.3, -0.25) is 4.79 Å². The number of aromatic nitrogens is 1. The molecule has 7 heteroatoms. The standard InChI is InChI=1S/C17H17Cl2N3O2/c18-12-3-4-15(14(19)8-12)24-16-13(2-1-6-21-16)17(23)22-7-5-11(9-20)10-22/h1-4,6,8,11H,5,7,9-10,20H2/t11-/m1/s1. The molecule has 1 aliphatic heterocycles. The van der Waals surface area contributed by atoms with Gasteiger partial charge in [-0.1, -0.05) is 23.2 Å². The van der Waals surface area contributed by atoms with Gasteiger partial charge in [0.15, 0.2) is 0 Å². The van der Waals surface area contributed by atoms with Gasteiger partial charge in [0.25, 0.3) is 5.91 Å². The zero-order valence-corrected chi connectivity index (χ0v) is 14.4. The quantitative estimate of drug-likeness (QED) is 0.898. The lowest BCUT2D eigenvalue weighted by molar-refractivity contribution is 0.0784. The Labute approximate surface area is 150 Å². The van der Waals surface area contributed by atoms with E-state index in [0.717, 1.165) is 6.42 Å². The Morgan fingerprint density at radius 1 is 1.38 bits per heavy atom. The van der Waals surface area contributed by atoms with Crippen LogP contribution in [-0.4, -0.2) is 35.4 Å². The number of hydrogen-bond acceptors (Lipinski definition) is 4. The van der Waals surface area contributed by atoms with Crippen molar-refractivity contribution in [3.63, 3.8) is 0 Å². The number of benzene rings is 1. The molecule has 0 saturated carbocycles. The number of carbonyl (C=O) groups excluding carboxylic acids is 1. The van der Waals surface area contributed by atoms with Crippen molar-refractivity contribution in [1.29, 1.82) is 0 Å². The summed E-state index contributed by atoms with van der Waals surface area (Å²) in [6.45, 7) is 1.93. The van der Waals surface area contributed by atoms with Crippen LogP contribution < -0.4 is 10.5 Å². The molecule has 2 heterocycles. The normalized spacial score (nSPS) is 17.1. The van der Waals surface area contributed by atoms with Gasteiger partial charge in [0.1, 0.15) is 11.3 Å². The summed E-state index contributed by atoms with van der Waals surface area (Å²) in [5.41, 5.74) is 6.10. The summed E-state index contributed by atoms with van der Waals surface area (Å²) in [5, 5.41) is 0.866. The van der Waals surface area contributed by atoms with Crippen LogP contribution in [0.15, 0.2) is 36.5 Å². The maximum Gasteiger partial charge on any atom is 0.259 e. The summed E-state index contributed by atoms with van der Waals surface area (Å²) in [4.78, 5) is 18.7. The summed E-state index contributed by atoms with van der Waals surface area (Å²) in [6, 6.07) is 8.30. The molecule has 1 aromatic heterocycles. The van der Waals surface area contributed by atoms with E-state index in [0.29, 0.717) is 46.9 Å². The number of rotatable bonds is 4. The molecule has 24 heavy (non-hydrogen) atoms. The van der Waals surface area contributed by atoms with Gasteiger partial charge < -0.3 is 15.4 Å². The summed E-state index contributed by atoms with van der Waals surface area (Å²) in [5.74, 6) is 0.859. The molecule has 2 N–H and O–H groups in total. The Kier molecular flexibility index (Phi) is 5.23. The molecular weight excluding hydrogens is 349 g/mol. The Hall–Kier alpha value is -1.82. The molecule has 1 atom stereocenters. The minimum Gasteiger partial charge on any atom is -0.437 e. The van der Waals surface area contributed by atoms with E-state index in [1.165, 1.54) is 0 Å². The van der Waals surface area contributed by atoms with Gasteiger partial charge in [0, 0.05) is 24.3 Å². The van der Waals surface area contributed by atoms with Crippen LogP contribution in [-0.2, 0) is 0 Å². The van der Waals surface area contributed by atoms with Crippen molar-refractivity contribution in [2.45, 2.75) is 6.42 Å². The van der Waals surface area contributed by atoms with Crippen molar-refractivity contribution >= 4 is 29.1 Å². The molecule has 126 valence electrons. The third-order valence-corrected chi connectivity index (χ3v) is 4.54. The van der Waals surface area contributed by atoms with Crippen LogP contribution in [0, 0.1) is 5.92 Å². The summed E-state index contributed by atoms with van der Waals surface area (Å²) in [6.07, 6.45) is 2.49. The predicted molar refractivity (Wildman–Crippen MR) is 93.8 cm³/mol. The van der Waals surface area contributed by atoms with Crippen molar-refractivity contribution in [1.82, 2.24) is 9.88 Å². The molecule has 0 spiro atoms. The highest BCUT2D eigenvalue weighted by molar-refractivity contribution is 6.35. The van der Waals surface area contributed by atoms with E-state index in [2.05, 4.69) is 4.98 Å². The van der Waals surface area contributed by atoms with E-state index in [1.807, 2.05) is 0 Å². The van der Waals surface area contributed by atoms with Crippen molar-refractivity contribution in [2.75, 3.05) is 19.6 Å². The first-order valence-electron chi connectivity index (χ1n) is 7.65. The number of nitrogens with zero attached hydrogens (tertiary/aromatic N) is 2. The molecule has 0 bridgehead atoms. The molecule has 1 aromatic carbocycles. The fourth-order valence-electron chi connectivity index (χ4n) is 2.68. The number of nitrogens with two attached hydrogens (primary N) is 1. The van der Waals surface area contributed by atoms with E-state index >= 15 is 0 Å². The van der Waals surface area contributed by atoms with Crippen LogP contribution in [0.3, 0.4) is 0 Å². The van der Waals surface area contributed by atoms with Gasteiger partial charge in [-0.2, -0.15) is 0 Å². The zero-order valence-electron chi connectivity index (χ0n) is 12.9. The first kappa shape index (κ1) is 17.0. The lowest BCUT2D eigenvalue weighted by Crippen LogP contribution is -2.30. The largest absolute Gasteiger partial charge is 0.437 e. The maximum atomic E-state index is 12.8. The number of pyridine rings is 1. The third-order valence-electron chi connectivity index (χ3n) is 4.01. The smallest absolute Gasteiger partial charge is 0.259 e. The van der Waals surface area contributed by atoms with Gasteiger partial charge in [0.05, 0.1) is 5.02 Å². The SMILES string of the molecule is NC[C@H]1CCN(C(=O)c2cccnc2Oc2ccc(Cl)cc2Cl)C1. The van der Waals surface area contributed by atoms with Gasteiger partial charge in [0.2, 0.25) is 5.88 Å². The fraction of sp³-hybridized carbons (Fsp3) is 0.294. The van der Waals surface area contributed by atoms with Gasteiger partial charge >= 0.3 is 0 Å². The molecular formula is C17H17Cl2N3O2. The van der Waals surface area contributed by atoms with Gasteiger partial charge in [-0.05, 0) is 49.2 Å². The molecule has 0 unspecified atom stereocenters. The first-order valence-corrected chi connectivity index (χ1v) is 8.41. The maximum absolute atomic E-state index is 12.8. The molecule has 1 amide bonds. The second-order valence-corrected chi connectivity index (χ2v) is 6.52. The van der Waals surface area contributed by atoms with E-state index in [4.69, 9.17) is 33.7 Å². The average Bonchev–Trinajstić information content (AvgIpc) is 3.06. The molecule has 0 aliphatic carbocycles. The minimum atomic E-state index is -0.112. The molecule has 5 nitrogen and oxygen atoms in total. The summed E-state index contributed by atoms with van der Waals surface area (Å²) < 4.78 is 5.76. The number of ether oxygens (including phenoxy) is 1. The van der Waals surface area contributed by atoms with Crippen LogP contribution in [0.2, 0.25) is 10.0 Å². The van der Waals surface area contributed by atoms with E-state index in [-0.39, 0.29) is 11.8 Å².